The zero-order chi connectivity index (χ0) is 16.7. The Hall–Kier alpha value is -2.88. The molecule has 2 N–H and O–H groups in total. The minimum absolute atomic E-state index is 0.0770. The quantitative estimate of drug-likeness (QED) is 0.731. The fourth-order valence-corrected chi connectivity index (χ4v) is 5.46. The summed E-state index contributed by atoms with van der Waals surface area (Å²) in [6.07, 6.45) is 0.946. The van der Waals surface area contributed by atoms with Crippen LogP contribution in [-0.2, 0) is 16.0 Å². The second-order valence-corrected chi connectivity index (χ2v) is 7.38. The van der Waals surface area contributed by atoms with E-state index in [-0.39, 0.29) is 29.7 Å². The largest absolute Gasteiger partial charge is 0.377 e. The summed E-state index contributed by atoms with van der Waals surface area (Å²) in [5.74, 6) is -0.336. The number of nitrogens with one attached hydrogen (secondary N) is 2. The van der Waals surface area contributed by atoms with Gasteiger partial charge in [0, 0.05) is 22.7 Å². The fourth-order valence-electron chi connectivity index (χ4n) is 5.46. The molecule has 122 valence electrons. The molecule has 0 saturated carbocycles. The Morgan fingerprint density at radius 3 is 2.64 bits per heavy atom. The molecule has 2 amide bonds. The molecular formula is C21H16N2O2. The first-order valence-electron chi connectivity index (χ1n) is 8.77. The van der Waals surface area contributed by atoms with Crippen molar-refractivity contribution in [1.29, 1.82) is 0 Å². The minimum Gasteiger partial charge on any atom is -0.377 e. The third kappa shape index (κ3) is 1.53. The summed E-state index contributed by atoms with van der Waals surface area (Å²) >= 11 is 0. The highest BCUT2D eigenvalue weighted by atomic mass is 16.2. The van der Waals surface area contributed by atoms with Crippen molar-refractivity contribution < 1.29 is 9.59 Å². The Morgan fingerprint density at radius 1 is 0.920 bits per heavy atom. The van der Waals surface area contributed by atoms with Crippen LogP contribution in [0.25, 0.3) is 5.57 Å². The molecule has 2 heterocycles. The summed E-state index contributed by atoms with van der Waals surface area (Å²) < 4.78 is 0. The van der Waals surface area contributed by atoms with Crippen LogP contribution in [0.4, 0.5) is 5.69 Å². The molecule has 4 unspecified atom stereocenters. The monoisotopic (exact) mass is 328 g/mol. The Balaban J connectivity index is 1.64. The summed E-state index contributed by atoms with van der Waals surface area (Å²) in [5, 5.41) is 6.22. The molecule has 0 aromatic heterocycles. The average molecular weight is 328 g/mol. The van der Waals surface area contributed by atoms with E-state index < -0.39 is 0 Å². The van der Waals surface area contributed by atoms with Crippen LogP contribution in [0.2, 0.25) is 0 Å². The summed E-state index contributed by atoms with van der Waals surface area (Å²) in [6, 6.07) is 16.6. The second kappa shape index (κ2) is 4.39. The maximum atomic E-state index is 12.7. The third-order valence-electron chi connectivity index (χ3n) is 6.32. The number of carbonyl (C=O) groups is 2. The van der Waals surface area contributed by atoms with Gasteiger partial charge in [-0.3, -0.25) is 14.9 Å². The van der Waals surface area contributed by atoms with E-state index in [0.29, 0.717) is 11.5 Å². The van der Waals surface area contributed by atoms with Crippen molar-refractivity contribution in [3.05, 3.63) is 70.8 Å². The highest BCUT2D eigenvalue weighted by Crippen LogP contribution is 2.58. The lowest BCUT2D eigenvalue weighted by atomic mass is 9.67. The molecule has 0 spiro atoms. The number of hydrogen-bond acceptors (Lipinski definition) is 3. The number of hydrogen-bond donors (Lipinski definition) is 2. The molecule has 4 heteroatoms. The smallest absolute Gasteiger partial charge is 0.254 e. The maximum absolute atomic E-state index is 12.7. The number of carbonyl (C=O) groups excluding carboxylic acids is 2. The molecule has 2 aromatic carbocycles. The molecule has 0 radical (unpaired) electrons. The first-order chi connectivity index (χ1) is 12.2. The zero-order valence-electron chi connectivity index (χ0n) is 13.5. The zero-order valence-corrected chi connectivity index (χ0v) is 13.5. The van der Waals surface area contributed by atoms with Crippen LogP contribution in [0.15, 0.2) is 54.1 Å². The highest BCUT2D eigenvalue weighted by molar-refractivity contribution is 6.21. The average Bonchev–Trinajstić information content (AvgIpc) is 3.26. The normalized spacial score (nSPS) is 30.9. The number of imide groups is 1. The van der Waals surface area contributed by atoms with Crippen molar-refractivity contribution in [2.75, 3.05) is 5.32 Å². The predicted molar refractivity (Wildman–Crippen MR) is 93.8 cm³/mol. The van der Waals surface area contributed by atoms with Gasteiger partial charge >= 0.3 is 0 Å². The van der Waals surface area contributed by atoms with E-state index in [1.165, 1.54) is 11.1 Å². The van der Waals surface area contributed by atoms with Crippen LogP contribution < -0.4 is 10.6 Å². The SMILES string of the molecule is O=C1NC(=O)C2C1=C1c3ccccc3NC1C1Cc3ccccc3C21. The van der Waals surface area contributed by atoms with Gasteiger partial charge in [-0.25, -0.2) is 0 Å². The lowest BCUT2D eigenvalue weighted by molar-refractivity contribution is -0.126. The predicted octanol–water partition coefficient (Wildman–Crippen LogP) is 2.48. The Bertz CT molecular complexity index is 1010. The number of para-hydroxylation sites is 1. The maximum Gasteiger partial charge on any atom is 0.254 e. The van der Waals surface area contributed by atoms with Crippen LogP contribution in [0.3, 0.4) is 0 Å². The van der Waals surface area contributed by atoms with Crippen LogP contribution >= 0.6 is 0 Å². The van der Waals surface area contributed by atoms with E-state index in [0.717, 1.165) is 23.2 Å². The third-order valence-corrected chi connectivity index (χ3v) is 6.32. The van der Waals surface area contributed by atoms with Gasteiger partial charge in [-0.2, -0.15) is 0 Å². The molecule has 25 heavy (non-hydrogen) atoms. The van der Waals surface area contributed by atoms with Gasteiger partial charge in [0.1, 0.15) is 0 Å². The summed E-state index contributed by atoms with van der Waals surface area (Å²) in [7, 11) is 0. The molecule has 6 rings (SSSR count). The van der Waals surface area contributed by atoms with Gasteiger partial charge in [-0.1, -0.05) is 42.5 Å². The van der Waals surface area contributed by atoms with Crippen LogP contribution in [-0.4, -0.2) is 17.9 Å². The number of benzene rings is 2. The van der Waals surface area contributed by atoms with Gasteiger partial charge in [-0.15, -0.1) is 0 Å². The number of rotatable bonds is 0. The van der Waals surface area contributed by atoms with Gasteiger partial charge < -0.3 is 5.32 Å². The standard InChI is InChI=1S/C21H16N2O2/c24-20-17-15-11-6-2-1-5-10(11)9-13(15)19-16(18(17)21(25)23-20)12-7-3-4-8-14(12)22-19/h1-8,13,15,17,19,22H,9H2,(H,23,24,25). The van der Waals surface area contributed by atoms with Crippen molar-refractivity contribution in [1.82, 2.24) is 5.32 Å². The molecule has 4 aliphatic rings. The summed E-state index contributed by atoms with van der Waals surface area (Å²) in [4.78, 5) is 25.3. The Morgan fingerprint density at radius 2 is 1.72 bits per heavy atom. The molecule has 4 nitrogen and oxygen atoms in total. The van der Waals surface area contributed by atoms with E-state index in [4.69, 9.17) is 0 Å². The van der Waals surface area contributed by atoms with Gasteiger partial charge in [0.25, 0.3) is 5.91 Å². The molecule has 2 aromatic rings. The van der Waals surface area contributed by atoms with Crippen LogP contribution in [0.1, 0.15) is 22.6 Å². The van der Waals surface area contributed by atoms with Crippen molar-refractivity contribution in [2.45, 2.75) is 18.4 Å². The van der Waals surface area contributed by atoms with E-state index in [9.17, 15) is 9.59 Å². The summed E-state index contributed by atoms with van der Waals surface area (Å²) in [5.41, 5.74) is 6.41. The number of anilines is 1. The van der Waals surface area contributed by atoms with Crippen molar-refractivity contribution >= 4 is 23.1 Å². The van der Waals surface area contributed by atoms with E-state index >= 15 is 0 Å². The fraction of sp³-hybridized carbons (Fsp3) is 0.238. The summed E-state index contributed by atoms with van der Waals surface area (Å²) in [6.45, 7) is 0. The molecule has 0 bridgehead atoms. The number of fused-ring (bicyclic) bond motifs is 9. The Kier molecular flexibility index (Phi) is 2.36. The molecule has 1 saturated heterocycles. The van der Waals surface area contributed by atoms with Crippen molar-refractivity contribution in [3.63, 3.8) is 0 Å². The molecule has 1 fully saturated rings. The lowest BCUT2D eigenvalue weighted by Gasteiger charge is -2.36. The van der Waals surface area contributed by atoms with E-state index in [1.807, 2.05) is 18.2 Å². The molecular weight excluding hydrogens is 312 g/mol. The van der Waals surface area contributed by atoms with Gasteiger partial charge in [-0.05, 0) is 35.1 Å². The highest BCUT2D eigenvalue weighted by Gasteiger charge is 2.57. The lowest BCUT2D eigenvalue weighted by Crippen LogP contribution is -2.39. The minimum atomic E-state index is -0.361. The topological polar surface area (TPSA) is 58.2 Å². The molecule has 2 aliphatic carbocycles. The molecule has 4 atom stereocenters. The van der Waals surface area contributed by atoms with Crippen molar-refractivity contribution in [2.24, 2.45) is 11.8 Å². The van der Waals surface area contributed by atoms with E-state index in [1.54, 1.807) is 0 Å². The van der Waals surface area contributed by atoms with Crippen LogP contribution in [0, 0.1) is 11.8 Å². The number of amides is 2. The van der Waals surface area contributed by atoms with Crippen LogP contribution in [0.5, 0.6) is 0 Å². The van der Waals surface area contributed by atoms with Gasteiger partial charge in [0.05, 0.1) is 12.0 Å². The molecule has 2 aliphatic heterocycles. The first kappa shape index (κ1) is 13.4. The van der Waals surface area contributed by atoms with Gasteiger partial charge in [0.2, 0.25) is 5.91 Å². The van der Waals surface area contributed by atoms with Gasteiger partial charge in [0.15, 0.2) is 0 Å². The Labute approximate surface area is 144 Å². The second-order valence-electron chi connectivity index (χ2n) is 7.38. The van der Waals surface area contributed by atoms with Crippen molar-refractivity contribution in [3.8, 4) is 0 Å². The van der Waals surface area contributed by atoms with E-state index in [2.05, 4.69) is 41.0 Å². The first-order valence-corrected chi connectivity index (χ1v) is 8.77.